The molecule has 0 aromatic heterocycles. The first-order chi connectivity index (χ1) is 9.18. The Bertz CT molecular complexity index is 630. The topological polar surface area (TPSA) is 29.1 Å². The highest BCUT2D eigenvalue weighted by molar-refractivity contribution is 6.08. The van der Waals surface area contributed by atoms with Gasteiger partial charge in [0.15, 0.2) is 0 Å². The van der Waals surface area contributed by atoms with Gasteiger partial charge in [-0.25, -0.2) is 0 Å². The van der Waals surface area contributed by atoms with Crippen LogP contribution in [0.3, 0.4) is 0 Å². The number of nitrogens with one attached hydrogen (secondary N) is 1. The number of carbonyl (C=O) groups is 1. The summed E-state index contributed by atoms with van der Waals surface area (Å²) in [6.45, 7) is 4.13. The molecule has 1 amide bonds. The van der Waals surface area contributed by atoms with Crippen molar-refractivity contribution >= 4 is 11.6 Å². The normalized spacial score (nSPS) is 21.1. The smallest absolute Gasteiger partial charge is 0.239 e. The van der Waals surface area contributed by atoms with Crippen molar-refractivity contribution in [2.24, 2.45) is 0 Å². The molecule has 19 heavy (non-hydrogen) atoms. The van der Waals surface area contributed by atoms with E-state index in [1.807, 2.05) is 18.2 Å². The summed E-state index contributed by atoms with van der Waals surface area (Å²) in [7, 11) is 0. The molecular weight excluding hydrogens is 234 g/mol. The maximum atomic E-state index is 12.6. The highest BCUT2D eigenvalue weighted by Gasteiger charge is 2.46. The Labute approximate surface area is 113 Å². The molecule has 96 valence electrons. The number of anilines is 1. The quantitative estimate of drug-likeness (QED) is 0.867. The van der Waals surface area contributed by atoms with Gasteiger partial charge in [-0.05, 0) is 30.5 Å². The SMILES string of the molecule is CCC1(c2ccc(C)cc2)C(=O)Nc2ccccc21. The largest absolute Gasteiger partial charge is 0.325 e. The molecule has 3 rings (SSSR count). The summed E-state index contributed by atoms with van der Waals surface area (Å²) in [5.74, 6) is 0.0834. The minimum atomic E-state index is -0.537. The van der Waals surface area contributed by atoms with Gasteiger partial charge in [0.05, 0.1) is 0 Å². The lowest BCUT2D eigenvalue weighted by atomic mass is 9.73. The maximum Gasteiger partial charge on any atom is 0.239 e. The van der Waals surface area contributed by atoms with Gasteiger partial charge in [0.1, 0.15) is 5.41 Å². The van der Waals surface area contributed by atoms with Crippen LogP contribution < -0.4 is 5.32 Å². The molecule has 0 saturated heterocycles. The van der Waals surface area contributed by atoms with E-state index in [2.05, 4.69) is 49.5 Å². The van der Waals surface area contributed by atoms with Crippen molar-refractivity contribution < 1.29 is 4.79 Å². The summed E-state index contributed by atoms with van der Waals surface area (Å²) in [6, 6.07) is 16.3. The molecule has 0 aliphatic carbocycles. The molecular formula is C17H17NO. The molecule has 0 fully saturated rings. The van der Waals surface area contributed by atoms with Crippen molar-refractivity contribution in [1.82, 2.24) is 0 Å². The average Bonchev–Trinajstić information content (AvgIpc) is 2.72. The minimum absolute atomic E-state index is 0.0834. The third-order valence-corrected chi connectivity index (χ3v) is 4.10. The van der Waals surface area contributed by atoms with E-state index in [9.17, 15) is 4.79 Å². The lowest BCUT2D eigenvalue weighted by molar-refractivity contribution is -0.119. The van der Waals surface area contributed by atoms with E-state index in [0.717, 1.165) is 23.2 Å². The zero-order valence-electron chi connectivity index (χ0n) is 11.2. The van der Waals surface area contributed by atoms with E-state index in [-0.39, 0.29) is 5.91 Å². The minimum Gasteiger partial charge on any atom is -0.325 e. The Morgan fingerprint density at radius 2 is 1.74 bits per heavy atom. The van der Waals surface area contributed by atoms with Crippen LogP contribution in [0.2, 0.25) is 0 Å². The van der Waals surface area contributed by atoms with Crippen LogP contribution in [0.5, 0.6) is 0 Å². The van der Waals surface area contributed by atoms with E-state index < -0.39 is 5.41 Å². The van der Waals surface area contributed by atoms with Crippen molar-refractivity contribution in [1.29, 1.82) is 0 Å². The summed E-state index contributed by atoms with van der Waals surface area (Å²) in [6.07, 6.45) is 0.763. The number of carbonyl (C=O) groups excluding carboxylic acids is 1. The van der Waals surface area contributed by atoms with Gasteiger partial charge in [-0.15, -0.1) is 0 Å². The first-order valence-corrected chi connectivity index (χ1v) is 6.66. The third-order valence-electron chi connectivity index (χ3n) is 4.10. The number of hydrogen-bond acceptors (Lipinski definition) is 1. The Morgan fingerprint density at radius 1 is 1.05 bits per heavy atom. The van der Waals surface area contributed by atoms with Crippen LogP contribution in [0.1, 0.15) is 30.0 Å². The van der Waals surface area contributed by atoms with Gasteiger partial charge in [-0.1, -0.05) is 55.0 Å². The molecule has 1 heterocycles. The van der Waals surface area contributed by atoms with Gasteiger partial charge < -0.3 is 5.32 Å². The van der Waals surface area contributed by atoms with Crippen LogP contribution in [0.25, 0.3) is 0 Å². The van der Waals surface area contributed by atoms with E-state index in [4.69, 9.17) is 0 Å². The predicted octanol–water partition coefficient (Wildman–Crippen LogP) is 3.64. The van der Waals surface area contributed by atoms with Crippen LogP contribution in [-0.4, -0.2) is 5.91 Å². The van der Waals surface area contributed by atoms with Gasteiger partial charge in [0.2, 0.25) is 5.91 Å². The summed E-state index contributed by atoms with van der Waals surface area (Å²) < 4.78 is 0. The number of hydrogen-bond donors (Lipinski definition) is 1. The number of rotatable bonds is 2. The second kappa shape index (κ2) is 4.23. The van der Waals surface area contributed by atoms with Gasteiger partial charge >= 0.3 is 0 Å². The Kier molecular flexibility index (Phi) is 2.67. The molecule has 1 atom stereocenters. The van der Waals surface area contributed by atoms with Gasteiger partial charge in [0, 0.05) is 5.69 Å². The molecule has 0 saturated carbocycles. The Balaban J connectivity index is 2.24. The molecule has 1 aliphatic rings. The molecule has 2 aromatic carbocycles. The van der Waals surface area contributed by atoms with Gasteiger partial charge in [-0.3, -0.25) is 4.79 Å². The second-order valence-corrected chi connectivity index (χ2v) is 5.12. The molecule has 2 aromatic rings. The molecule has 0 radical (unpaired) electrons. The fraction of sp³-hybridized carbons (Fsp3) is 0.235. The standard InChI is InChI=1S/C17H17NO/c1-3-17(13-10-8-12(2)9-11-13)14-6-4-5-7-15(14)18-16(17)19/h4-11H,3H2,1-2H3,(H,18,19). The highest BCUT2D eigenvalue weighted by Crippen LogP contribution is 2.44. The summed E-state index contributed by atoms with van der Waals surface area (Å²) in [5, 5.41) is 3.01. The zero-order valence-corrected chi connectivity index (χ0v) is 11.2. The predicted molar refractivity (Wildman–Crippen MR) is 77.3 cm³/mol. The summed E-state index contributed by atoms with van der Waals surface area (Å²) in [5.41, 5.74) is 3.77. The lowest BCUT2D eigenvalue weighted by Crippen LogP contribution is -2.34. The fourth-order valence-electron chi connectivity index (χ4n) is 3.00. The number of benzene rings is 2. The molecule has 0 spiro atoms. The van der Waals surface area contributed by atoms with Crippen molar-refractivity contribution in [2.75, 3.05) is 5.32 Å². The van der Waals surface area contributed by atoms with E-state index >= 15 is 0 Å². The van der Waals surface area contributed by atoms with Crippen molar-refractivity contribution in [2.45, 2.75) is 25.7 Å². The second-order valence-electron chi connectivity index (χ2n) is 5.12. The van der Waals surface area contributed by atoms with Crippen LogP contribution >= 0.6 is 0 Å². The Hall–Kier alpha value is -2.09. The molecule has 1 aliphatic heterocycles. The molecule has 1 unspecified atom stereocenters. The van der Waals surface area contributed by atoms with Crippen LogP contribution in [-0.2, 0) is 10.2 Å². The van der Waals surface area contributed by atoms with Crippen LogP contribution in [0.4, 0.5) is 5.69 Å². The van der Waals surface area contributed by atoms with Crippen molar-refractivity contribution in [3.8, 4) is 0 Å². The zero-order chi connectivity index (χ0) is 13.5. The summed E-state index contributed by atoms with van der Waals surface area (Å²) in [4.78, 5) is 12.6. The summed E-state index contributed by atoms with van der Waals surface area (Å²) >= 11 is 0. The lowest BCUT2D eigenvalue weighted by Gasteiger charge is -2.26. The van der Waals surface area contributed by atoms with E-state index in [1.54, 1.807) is 0 Å². The molecule has 2 nitrogen and oxygen atoms in total. The molecule has 2 heteroatoms. The number of fused-ring (bicyclic) bond motifs is 1. The van der Waals surface area contributed by atoms with E-state index in [1.165, 1.54) is 5.56 Å². The fourth-order valence-corrected chi connectivity index (χ4v) is 3.00. The number of para-hydroxylation sites is 1. The van der Waals surface area contributed by atoms with Crippen molar-refractivity contribution in [3.63, 3.8) is 0 Å². The molecule has 0 bridgehead atoms. The van der Waals surface area contributed by atoms with Crippen molar-refractivity contribution in [3.05, 3.63) is 65.2 Å². The monoisotopic (exact) mass is 251 g/mol. The molecule has 1 N–H and O–H groups in total. The Morgan fingerprint density at radius 3 is 2.42 bits per heavy atom. The first-order valence-electron chi connectivity index (χ1n) is 6.66. The highest BCUT2D eigenvalue weighted by atomic mass is 16.2. The van der Waals surface area contributed by atoms with Gasteiger partial charge in [0.25, 0.3) is 0 Å². The average molecular weight is 251 g/mol. The van der Waals surface area contributed by atoms with Gasteiger partial charge in [-0.2, -0.15) is 0 Å². The van der Waals surface area contributed by atoms with Crippen LogP contribution in [0.15, 0.2) is 48.5 Å². The third kappa shape index (κ3) is 1.60. The first kappa shape index (κ1) is 12.0. The van der Waals surface area contributed by atoms with E-state index in [0.29, 0.717) is 0 Å². The van der Waals surface area contributed by atoms with Crippen LogP contribution in [0, 0.1) is 6.92 Å². The number of amides is 1. The number of aryl methyl sites for hydroxylation is 1. The maximum absolute atomic E-state index is 12.6.